The van der Waals surface area contributed by atoms with Crippen LogP contribution in [0.1, 0.15) is 47.8 Å². The number of aryl methyl sites for hydroxylation is 1. The third-order valence-electron chi connectivity index (χ3n) is 3.56. The maximum Gasteiger partial charge on any atom is 0.271 e. The van der Waals surface area contributed by atoms with E-state index in [0.717, 1.165) is 11.3 Å². The van der Waals surface area contributed by atoms with Gasteiger partial charge in [-0.3, -0.25) is 4.79 Å². The standard InChI is InChI=1S/C20H26N2O4S/c1-5-15-9-10-16(27-15)13-21-22-20(23)14-11-17(24-6-2)19(26-8-4)18(12-14)25-7-3/h9-13H,5-8H2,1-4H3,(H,22,23)/b21-13+. The van der Waals surface area contributed by atoms with E-state index in [4.69, 9.17) is 14.2 Å². The fourth-order valence-electron chi connectivity index (χ4n) is 2.39. The second-order valence-corrected chi connectivity index (χ2v) is 6.66. The normalized spacial score (nSPS) is 10.8. The molecule has 0 saturated carbocycles. The Morgan fingerprint density at radius 2 is 1.67 bits per heavy atom. The molecule has 0 radical (unpaired) electrons. The van der Waals surface area contributed by atoms with Gasteiger partial charge in [-0.05, 0) is 51.5 Å². The Bertz CT molecular complexity index is 759. The SMILES string of the molecule is CCOc1cc(C(=O)N/N=C/c2ccc(CC)s2)cc(OCC)c1OCC. The minimum absolute atomic E-state index is 0.344. The molecule has 1 N–H and O–H groups in total. The van der Waals surface area contributed by atoms with Crippen LogP contribution in [0.4, 0.5) is 0 Å². The summed E-state index contributed by atoms with van der Waals surface area (Å²) in [7, 11) is 0. The zero-order valence-corrected chi connectivity index (χ0v) is 17.0. The van der Waals surface area contributed by atoms with Crippen molar-refractivity contribution in [2.24, 2.45) is 5.10 Å². The van der Waals surface area contributed by atoms with Crippen molar-refractivity contribution in [3.63, 3.8) is 0 Å². The highest BCUT2D eigenvalue weighted by atomic mass is 32.1. The summed E-state index contributed by atoms with van der Waals surface area (Å²) in [5.41, 5.74) is 2.94. The van der Waals surface area contributed by atoms with E-state index in [9.17, 15) is 4.79 Å². The molecule has 2 aromatic rings. The van der Waals surface area contributed by atoms with Gasteiger partial charge in [0, 0.05) is 15.3 Å². The minimum Gasteiger partial charge on any atom is -0.490 e. The maximum atomic E-state index is 12.5. The zero-order valence-electron chi connectivity index (χ0n) is 16.2. The van der Waals surface area contributed by atoms with Crippen LogP contribution in [0.5, 0.6) is 17.2 Å². The fraction of sp³-hybridized carbons (Fsp3) is 0.400. The Labute approximate surface area is 164 Å². The quantitative estimate of drug-likeness (QED) is 0.486. The third-order valence-corrected chi connectivity index (χ3v) is 4.72. The molecule has 2 rings (SSSR count). The number of thiophene rings is 1. The maximum absolute atomic E-state index is 12.5. The molecule has 1 aromatic heterocycles. The predicted molar refractivity (Wildman–Crippen MR) is 109 cm³/mol. The van der Waals surface area contributed by atoms with E-state index in [-0.39, 0.29) is 5.91 Å². The van der Waals surface area contributed by atoms with E-state index in [0.29, 0.717) is 42.6 Å². The number of hydrogen-bond acceptors (Lipinski definition) is 6. The van der Waals surface area contributed by atoms with Crippen molar-refractivity contribution >= 4 is 23.5 Å². The second-order valence-electron chi connectivity index (χ2n) is 5.46. The number of hydrogen-bond donors (Lipinski definition) is 1. The Kier molecular flexibility index (Phi) is 8.13. The number of amides is 1. The van der Waals surface area contributed by atoms with Gasteiger partial charge >= 0.3 is 0 Å². The lowest BCUT2D eigenvalue weighted by Crippen LogP contribution is -2.18. The summed E-state index contributed by atoms with van der Waals surface area (Å²) in [5, 5.41) is 4.05. The Balaban J connectivity index is 2.20. The van der Waals surface area contributed by atoms with Crippen molar-refractivity contribution < 1.29 is 19.0 Å². The number of ether oxygens (including phenoxy) is 3. The van der Waals surface area contributed by atoms with E-state index >= 15 is 0 Å². The topological polar surface area (TPSA) is 69.2 Å². The van der Waals surface area contributed by atoms with Crippen LogP contribution in [0.2, 0.25) is 0 Å². The van der Waals surface area contributed by atoms with Gasteiger partial charge in [0.05, 0.1) is 26.0 Å². The van der Waals surface area contributed by atoms with Crippen LogP contribution in [0.3, 0.4) is 0 Å². The number of hydrazone groups is 1. The van der Waals surface area contributed by atoms with Crippen LogP contribution in [0, 0.1) is 0 Å². The zero-order chi connectivity index (χ0) is 19.6. The van der Waals surface area contributed by atoms with E-state index in [2.05, 4.69) is 23.5 Å². The van der Waals surface area contributed by atoms with Gasteiger partial charge in [-0.25, -0.2) is 5.43 Å². The highest BCUT2D eigenvalue weighted by Crippen LogP contribution is 2.39. The first kappa shape index (κ1) is 20.8. The minimum atomic E-state index is -0.344. The molecule has 6 nitrogen and oxygen atoms in total. The number of benzene rings is 1. The molecule has 0 atom stereocenters. The molecule has 0 saturated heterocycles. The van der Waals surface area contributed by atoms with Crippen molar-refractivity contribution in [1.29, 1.82) is 0 Å². The average Bonchev–Trinajstić information content (AvgIpc) is 3.12. The van der Waals surface area contributed by atoms with Crippen LogP contribution in [-0.4, -0.2) is 31.9 Å². The van der Waals surface area contributed by atoms with Crippen molar-refractivity contribution in [3.8, 4) is 17.2 Å². The first-order chi connectivity index (χ1) is 13.1. The molecule has 1 aromatic carbocycles. The molecule has 0 aliphatic carbocycles. The second kappa shape index (κ2) is 10.6. The lowest BCUT2D eigenvalue weighted by Gasteiger charge is -2.16. The Morgan fingerprint density at radius 3 is 2.19 bits per heavy atom. The predicted octanol–water partition coefficient (Wildman–Crippen LogP) is 4.27. The first-order valence-electron chi connectivity index (χ1n) is 9.11. The summed E-state index contributed by atoms with van der Waals surface area (Å²) in [5.74, 6) is 1.12. The van der Waals surface area contributed by atoms with E-state index in [1.807, 2.05) is 26.8 Å². The Morgan fingerprint density at radius 1 is 1.04 bits per heavy atom. The monoisotopic (exact) mass is 390 g/mol. The van der Waals surface area contributed by atoms with E-state index in [1.165, 1.54) is 4.88 Å². The van der Waals surface area contributed by atoms with Crippen LogP contribution >= 0.6 is 11.3 Å². The highest BCUT2D eigenvalue weighted by molar-refractivity contribution is 7.13. The molecular weight excluding hydrogens is 364 g/mol. The van der Waals surface area contributed by atoms with Crippen molar-refractivity contribution in [2.75, 3.05) is 19.8 Å². The molecular formula is C20H26N2O4S. The van der Waals surface area contributed by atoms with Gasteiger partial charge < -0.3 is 14.2 Å². The summed E-state index contributed by atoms with van der Waals surface area (Å²) in [4.78, 5) is 14.8. The molecule has 1 amide bonds. The van der Waals surface area contributed by atoms with Gasteiger partial charge in [0.1, 0.15) is 0 Å². The summed E-state index contributed by atoms with van der Waals surface area (Å²) in [6.45, 7) is 9.11. The molecule has 146 valence electrons. The molecule has 0 aliphatic rings. The van der Waals surface area contributed by atoms with Crippen molar-refractivity contribution in [3.05, 3.63) is 39.6 Å². The lowest BCUT2D eigenvalue weighted by molar-refractivity contribution is 0.0954. The van der Waals surface area contributed by atoms with Gasteiger partial charge in [0.15, 0.2) is 11.5 Å². The molecule has 27 heavy (non-hydrogen) atoms. The highest BCUT2D eigenvalue weighted by Gasteiger charge is 2.18. The van der Waals surface area contributed by atoms with Crippen LogP contribution in [0.25, 0.3) is 0 Å². The summed E-state index contributed by atoms with van der Waals surface area (Å²) < 4.78 is 16.9. The first-order valence-corrected chi connectivity index (χ1v) is 9.93. The van der Waals surface area contributed by atoms with Crippen LogP contribution in [-0.2, 0) is 6.42 Å². The molecule has 0 bridgehead atoms. The number of nitrogens with zero attached hydrogens (tertiary/aromatic N) is 1. The molecule has 1 heterocycles. The van der Waals surface area contributed by atoms with Gasteiger partial charge in [0.2, 0.25) is 5.75 Å². The van der Waals surface area contributed by atoms with E-state index < -0.39 is 0 Å². The Hall–Kier alpha value is -2.54. The van der Waals surface area contributed by atoms with E-state index in [1.54, 1.807) is 29.7 Å². The van der Waals surface area contributed by atoms with Gasteiger partial charge in [-0.15, -0.1) is 11.3 Å². The number of carbonyl (C=O) groups excluding carboxylic acids is 1. The molecule has 0 aliphatic heterocycles. The van der Waals surface area contributed by atoms with Crippen LogP contribution < -0.4 is 19.6 Å². The largest absolute Gasteiger partial charge is 0.490 e. The number of nitrogens with one attached hydrogen (secondary N) is 1. The summed E-state index contributed by atoms with van der Waals surface area (Å²) in [6, 6.07) is 7.32. The van der Waals surface area contributed by atoms with Crippen LogP contribution in [0.15, 0.2) is 29.4 Å². The molecule has 0 spiro atoms. The molecule has 7 heteroatoms. The lowest BCUT2D eigenvalue weighted by atomic mass is 10.1. The smallest absolute Gasteiger partial charge is 0.271 e. The van der Waals surface area contributed by atoms with Gasteiger partial charge in [0.25, 0.3) is 5.91 Å². The fourth-order valence-corrected chi connectivity index (χ4v) is 3.22. The number of carbonyl (C=O) groups is 1. The summed E-state index contributed by atoms with van der Waals surface area (Å²) >= 11 is 1.65. The van der Waals surface area contributed by atoms with Gasteiger partial charge in [-0.2, -0.15) is 5.10 Å². The van der Waals surface area contributed by atoms with Crippen molar-refractivity contribution in [1.82, 2.24) is 5.43 Å². The molecule has 0 fully saturated rings. The molecule has 0 unspecified atom stereocenters. The summed E-state index contributed by atoms with van der Waals surface area (Å²) in [6.07, 6.45) is 2.63. The number of rotatable bonds is 10. The van der Waals surface area contributed by atoms with Gasteiger partial charge in [-0.1, -0.05) is 6.92 Å². The third kappa shape index (κ3) is 5.72. The van der Waals surface area contributed by atoms with Crippen molar-refractivity contribution in [2.45, 2.75) is 34.1 Å². The average molecular weight is 391 g/mol.